The molecule has 2 atom stereocenters. The highest BCUT2D eigenvalue weighted by Gasteiger charge is 2.53. The quantitative estimate of drug-likeness (QED) is 0.607. The number of ether oxygens (including phenoxy) is 1. The van der Waals surface area contributed by atoms with Crippen molar-refractivity contribution in [1.29, 1.82) is 0 Å². The number of rotatable bonds is 3. The molecule has 0 bridgehead atoms. The van der Waals surface area contributed by atoms with Gasteiger partial charge in [0.25, 0.3) is 0 Å². The van der Waals surface area contributed by atoms with E-state index < -0.39 is 17.6 Å². The van der Waals surface area contributed by atoms with Crippen molar-refractivity contribution < 1.29 is 19.1 Å². The number of nitrogens with zero attached hydrogens (tertiary/aromatic N) is 1. The van der Waals surface area contributed by atoms with E-state index in [9.17, 15) is 14.4 Å². The van der Waals surface area contributed by atoms with Crippen LogP contribution >= 0.6 is 11.8 Å². The van der Waals surface area contributed by atoms with Gasteiger partial charge in [-0.15, -0.1) is 11.8 Å². The Kier molecular flexibility index (Phi) is 4.99. The fraction of sp³-hybridized carbons (Fsp3) is 0.722. The van der Waals surface area contributed by atoms with E-state index in [1.54, 1.807) is 20.8 Å². The van der Waals surface area contributed by atoms with E-state index in [1.807, 2.05) is 0 Å². The van der Waals surface area contributed by atoms with Crippen molar-refractivity contribution in [3.05, 3.63) is 11.3 Å². The Morgan fingerprint density at radius 2 is 1.84 bits per heavy atom. The summed E-state index contributed by atoms with van der Waals surface area (Å²) in [6.07, 6.45) is 4.93. The molecule has 0 aromatic rings. The lowest BCUT2D eigenvalue weighted by atomic mass is 9.83. The lowest BCUT2D eigenvalue weighted by Crippen LogP contribution is -2.68. The van der Waals surface area contributed by atoms with Crippen LogP contribution in [0.2, 0.25) is 0 Å². The molecule has 0 radical (unpaired) electrons. The standard InChI is InChI=1S/C18H26N2O4S/c1-18(2,3)24-17(23)13-11(14(21)10-7-5-4-6-8-10)9-25-16-12(19)15(22)20(13)16/h10,12,16H,4-9,19H2,1-3H3/t12?,16-/m1/s1. The first-order valence-electron chi connectivity index (χ1n) is 8.91. The molecule has 0 spiro atoms. The van der Waals surface area contributed by atoms with E-state index in [0.29, 0.717) is 11.3 Å². The number of β-lactam (4-membered cyclic amide) rings is 1. The zero-order chi connectivity index (χ0) is 18.4. The zero-order valence-electron chi connectivity index (χ0n) is 15.0. The van der Waals surface area contributed by atoms with Gasteiger partial charge in [0.1, 0.15) is 22.7 Å². The van der Waals surface area contributed by atoms with Gasteiger partial charge >= 0.3 is 5.97 Å². The summed E-state index contributed by atoms with van der Waals surface area (Å²) in [6, 6.07) is -0.617. The molecule has 25 heavy (non-hydrogen) atoms. The van der Waals surface area contributed by atoms with Crippen LogP contribution in [0.3, 0.4) is 0 Å². The highest BCUT2D eigenvalue weighted by Crippen LogP contribution is 2.42. The Morgan fingerprint density at radius 1 is 1.20 bits per heavy atom. The van der Waals surface area contributed by atoms with Gasteiger partial charge in [-0.25, -0.2) is 4.79 Å². The summed E-state index contributed by atoms with van der Waals surface area (Å²) in [6.45, 7) is 5.31. The Labute approximate surface area is 152 Å². The Morgan fingerprint density at radius 3 is 2.44 bits per heavy atom. The number of carbonyl (C=O) groups excluding carboxylic acids is 3. The van der Waals surface area contributed by atoms with Gasteiger partial charge in [0.2, 0.25) is 5.91 Å². The summed E-state index contributed by atoms with van der Waals surface area (Å²) in [4.78, 5) is 39.5. The van der Waals surface area contributed by atoms with Crippen LogP contribution in [-0.4, -0.2) is 45.3 Å². The first-order valence-corrected chi connectivity index (χ1v) is 9.96. The van der Waals surface area contributed by atoms with Gasteiger partial charge in [0.15, 0.2) is 5.78 Å². The molecule has 2 N–H and O–H groups in total. The van der Waals surface area contributed by atoms with Crippen LogP contribution in [0.25, 0.3) is 0 Å². The van der Waals surface area contributed by atoms with Crippen LogP contribution in [0.15, 0.2) is 11.3 Å². The number of fused-ring (bicyclic) bond motifs is 1. The molecule has 138 valence electrons. The molecular weight excluding hydrogens is 340 g/mol. The minimum atomic E-state index is -0.695. The Hall–Kier alpha value is -1.34. The maximum Gasteiger partial charge on any atom is 0.356 e. The maximum atomic E-state index is 13.0. The Balaban J connectivity index is 1.95. The molecule has 3 aliphatic rings. The van der Waals surface area contributed by atoms with Crippen molar-refractivity contribution in [3.8, 4) is 0 Å². The number of ketones is 1. The number of nitrogens with two attached hydrogens (primary N) is 1. The summed E-state index contributed by atoms with van der Waals surface area (Å²) in [5.74, 6) is -0.557. The molecule has 7 heteroatoms. The minimum Gasteiger partial charge on any atom is -0.455 e. The highest BCUT2D eigenvalue weighted by molar-refractivity contribution is 8.00. The molecule has 1 saturated carbocycles. The topological polar surface area (TPSA) is 89.7 Å². The fourth-order valence-corrected chi connectivity index (χ4v) is 4.93. The van der Waals surface area contributed by atoms with Gasteiger partial charge in [-0.05, 0) is 33.6 Å². The zero-order valence-corrected chi connectivity index (χ0v) is 15.9. The largest absolute Gasteiger partial charge is 0.455 e. The van der Waals surface area contributed by atoms with E-state index in [0.717, 1.165) is 32.1 Å². The molecule has 6 nitrogen and oxygen atoms in total. The van der Waals surface area contributed by atoms with E-state index in [-0.39, 0.29) is 28.7 Å². The highest BCUT2D eigenvalue weighted by atomic mass is 32.2. The van der Waals surface area contributed by atoms with Crippen molar-refractivity contribution in [3.63, 3.8) is 0 Å². The third-order valence-electron chi connectivity index (χ3n) is 4.88. The molecule has 1 saturated heterocycles. The molecule has 1 aliphatic carbocycles. The first-order chi connectivity index (χ1) is 11.7. The van der Waals surface area contributed by atoms with Crippen molar-refractivity contribution >= 4 is 29.4 Å². The molecule has 3 rings (SSSR count). The number of amides is 1. The minimum absolute atomic E-state index is 0.000203. The molecule has 2 fully saturated rings. The molecule has 1 unspecified atom stereocenters. The van der Waals surface area contributed by atoms with E-state index >= 15 is 0 Å². The first kappa shape index (κ1) is 18.5. The summed E-state index contributed by atoms with van der Waals surface area (Å²) in [7, 11) is 0. The molecule has 0 aromatic heterocycles. The van der Waals surface area contributed by atoms with Crippen molar-refractivity contribution in [2.24, 2.45) is 11.7 Å². The lowest BCUT2D eigenvalue weighted by molar-refractivity contribution is -0.158. The van der Waals surface area contributed by atoms with Crippen LogP contribution in [0.1, 0.15) is 52.9 Å². The lowest BCUT2D eigenvalue weighted by Gasteiger charge is -2.48. The maximum absolute atomic E-state index is 13.0. The molecule has 2 heterocycles. The van der Waals surface area contributed by atoms with Gasteiger partial charge in [0.05, 0.1) is 0 Å². The van der Waals surface area contributed by atoms with E-state index in [2.05, 4.69) is 0 Å². The van der Waals surface area contributed by atoms with Gasteiger partial charge in [0, 0.05) is 17.2 Å². The number of carbonyl (C=O) groups is 3. The average molecular weight is 366 g/mol. The van der Waals surface area contributed by atoms with Gasteiger partial charge in [-0.1, -0.05) is 19.3 Å². The van der Waals surface area contributed by atoms with Crippen LogP contribution in [-0.2, 0) is 19.1 Å². The monoisotopic (exact) mass is 366 g/mol. The predicted octanol–water partition coefficient (Wildman–Crippen LogP) is 1.97. The molecular formula is C18H26N2O4S. The van der Waals surface area contributed by atoms with Crippen LogP contribution in [0.5, 0.6) is 0 Å². The summed E-state index contributed by atoms with van der Waals surface area (Å²) in [5.41, 5.74) is 5.72. The van der Waals surface area contributed by atoms with Gasteiger partial charge in [-0.3, -0.25) is 14.5 Å². The number of hydrogen-bond acceptors (Lipinski definition) is 6. The normalized spacial score (nSPS) is 27.7. The SMILES string of the molecule is CC(C)(C)OC(=O)C1=C(C(=O)C2CCCCC2)CS[C@@H]2C(N)C(=O)N12. The van der Waals surface area contributed by atoms with Gasteiger partial charge in [-0.2, -0.15) is 0 Å². The second-order valence-electron chi connectivity index (χ2n) is 7.96. The second kappa shape index (κ2) is 6.76. The third kappa shape index (κ3) is 3.49. The second-order valence-corrected chi connectivity index (χ2v) is 9.07. The van der Waals surface area contributed by atoms with Crippen molar-refractivity contribution in [2.75, 3.05) is 5.75 Å². The molecule has 2 aliphatic heterocycles. The van der Waals surface area contributed by atoms with Gasteiger partial charge < -0.3 is 10.5 Å². The van der Waals surface area contributed by atoms with E-state index in [4.69, 9.17) is 10.5 Å². The van der Waals surface area contributed by atoms with Crippen molar-refractivity contribution in [1.82, 2.24) is 4.90 Å². The average Bonchev–Trinajstić information content (AvgIpc) is 2.58. The van der Waals surface area contributed by atoms with Crippen LogP contribution in [0, 0.1) is 5.92 Å². The van der Waals surface area contributed by atoms with Crippen LogP contribution in [0.4, 0.5) is 0 Å². The number of thioether (sulfide) groups is 1. The number of hydrogen-bond donors (Lipinski definition) is 1. The smallest absolute Gasteiger partial charge is 0.356 e. The Bertz CT molecular complexity index is 631. The fourth-order valence-electron chi connectivity index (χ4n) is 3.63. The summed E-state index contributed by atoms with van der Waals surface area (Å²) >= 11 is 1.46. The number of Topliss-reactive ketones (excluding diaryl/α,β-unsaturated/α-hetero) is 1. The summed E-state index contributed by atoms with van der Waals surface area (Å²) < 4.78 is 5.49. The van der Waals surface area contributed by atoms with Crippen LogP contribution < -0.4 is 5.73 Å². The number of esters is 1. The predicted molar refractivity (Wildman–Crippen MR) is 95.5 cm³/mol. The van der Waals surface area contributed by atoms with Crippen molar-refractivity contribution in [2.45, 2.75) is 69.9 Å². The van der Waals surface area contributed by atoms with E-state index in [1.165, 1.54) is 16.7 Å². The molecule has 1 amide bonds. The molecule has 0 aromatic carbocycles. The third-order valence-corrected chi connectivity index (χ3v) is 6.18. The summed E-state index contributed by atoms with van der Waals surface area (Å²) in [5, 5.41) is -0.280.